The van der Waals surface area contributed by atoms with Gasteiger partial charge in [-0.1, -0.05) is 39.7 Å². The Kier molecular flexibility index (Phi) is 11.0. The van der Waals surface area contributed by atoms with Gasteiger partial charge in [0, 0.05) is 1.43 Å². The molecule has 0 saturated heterocycles. The molecule has 0 bridgehead atoms. The van der Waals surface area contributed by atoms with Crippen molar-refractivity contribution in [1.29, 1.82) is 0 Å². The van der Waals surface area contributed by atoms with Crippen LogP contribution in [0.15, 0.2) is 0 Å². The van der Waals surface area contributed by atoms with Crippen LogP contribution in [0.4, 0.5) is 0 Å². The molecule has 0 saturated carbocycles. The minimum atomic E-state index is 0. The van der Waals surface area contributed by atoms with Crippen molar-refractivity contribution in [2.24, 2.45) is 0 Å². The molecule has 0 unspecified atom stereocenters. The first-order chi connectivity index (χ1) is 3.35. The van der Waals surface area contributed by atoms with Crippen molar-refractivity contribution in [2.75, 3.05) is 0 Å². The van der Waals surface area contributed by atoms with E-state index in [4.69, 9.17) is 0 Å². The van der Waals surface area contributed by atoms with Crippen molar-refractivity contribution in [3.05, 3.63) is 0 Å². The average molecular weight is 108 g/mol. The summed E-state index contributed by atoms with van der Waals surface area (Å²) < 4.78 is 0. The quantitative estimate of drug-likeness (QED) is 0.443. The predicted octanol–water partition coefficient (Wildman–Crippen LogP) is -0.0966. The first kappa shape index (κ1) is 11.5. The van der Waals surface area contributed by atoms with Gasteiger partial charge >= 0.3 is 18.9 Å². The molecule has 0 nitrogen and oxygen atoms in total. The summed E-state index contributed by atoms with van der Waals surface area (Å²) in [5, 5.41) is 0. The molecule has 0 N–H and O–H groups in total. The number of hydrogen-bond donors (Lipinski definition) is 0. The maximum absolute atomic E-state index is 2.26. The zero-order valence-corrected chi connectivity index (χ0v) is 6.70. The van der Waals surface area contributed by atoms with Crippen molar-refractivity contribution in [3.8, 4) is 0 Å². The van der Waals surface area contributed by atoms with Crippen LogP contribution in [-0.2, 0) is 0 Å². The first-order valence-corrected chi connectivity index (χ1v) is 3.35. The van der Waals surface area contributed by atoms with Crippen LogP contribution in [-0.4, -0.2) is 6.71 Å². The monoisotopic (exact) mass is 108 g/mol. The Hall–Kier alpha value is 0.662. The van der Waals surface area contributed by atoms with Crippen LogP contribution < -0.4 is 18.9 Å². The maximum atomic E-state index is 2.26. The Bertz CT molecular complexity index is 37.2. The molecule has 46 valence electrons. The Balaban J connectivity index is -0.0000000600. The Labute approximate surface area is 68.7 Å². The number of hydrogen-bond acceptors (Lipinski definition) is 0. The van der Waals surface area contributed by atoms with Crippen LogP contribution in [0.3, 0.4) is 0 Å². The van der Waals surface area contributed by atoms with Gasteiger partial charge in [0.25, 0.3) is 0 Å². The summed E-state index contributed by atoms with van der Waals surface area (Å²) in [6, 6.07) is 0. The largest absolute Gasteiger partial charge is 1.00 e. The SMILES string of the molecule is CCB(CC)CC.[H-].[HH].[Li+]. The molecule has 2 heteroatoms. The Morgan fingerprint density at radius 2 is 1.38 bits per heavy atom. The van der Waals surface area contributed by atoms with Gasteiger partial charge < -0.3 is 1.43 Å². The second-order valence-corrected chi connectivity index (χ2v) is 2.09. The van der Waals surface area contributed by atoms with Crippen molar-refractivity contribution in [3.63, 3.8) is 0 Å². The van der Waals surface area contributed by atoms with E-state index in [1.54, 1.807) is 0 Å². The van der Waals surface area contributed by atoms with Crippen LogP contribution in [0.1, 0.15) is 23.6 Å². The fourth-order valence-electron chi connectivity index (χ4n) is 0.866. The molecule has 0 radical (unpaired) electrons. The second kappa shape index (κ2) is 7.66. The van der Waals surface area contributed by atoms with E-state index >= 15 is 0 Å². The molecular formula is C6H18BLi. The number of rotatable bonds is 3. The molecule has 0 aromatic rings. The summed E-state index contributed by atoms with van der Waals surface area (Å²) in [6.07, 6.45) is 4.06. The van der Waals surface area contributed by atoms with Gasteiger partial charge in [0.05, 0.1) is 0 Å². The molecular weight excluding hydrogens is 89.8 g/mol. The minimum absolute atomic E-state index is 0. The van der Waals surface area contributed by atoms with Gasteiger partial charge in [0.2, 0.25) is 0 Å². The van der Waals surface area contributed by atoms with Crippen LogP contribution in [0.25, 0.3) is 0 Å². The van der Waals surface area contributed by atoms with Crippen LogP contribution in [0, 0.1) is 0 Å². The van der Waals surface area contributed by atoms with Gasteiger partial charge in [0.1, 0.15) is 6.71 Å². The van der Waals surface area contributed by atoms with Crippen LogP contribution in [0.2, 0.25) is 19.0 Å². The summed E-state index contributed by atoms with van der Waals surface area (Å²) in [7, 11) is 0. The summed E-state index contributed by atoms with van der Waals surface area (Å²) in [5.41, 5.74) is 0. The van der Waals surface area contributed by atoms with Gasteiger partial charge in [-0.3, -0.25) is 0 Å². The molecule has 0 aliphatic heterocycles. The second-order valence-electron chi connectivity index (χ2n) is 2.09. The summed E-state index contributed by atoms with van der Waals surface area (Å²) in [4.78, 5) is 0. The van der Waals surface area contributed by atoms with Gasteiger partial charge in [-0.05, 0) is 0 Å². The van der Waals surface area contributed by atoms with E-state index in [1.165, 1.54) is 19.0 Å². The molecule has 0 aliphatic rings. The molecule has 8 heavy (non-hydrogen) atoms. The van der Waals surface area contributed by atoms with E-state index in [0.29, 0.717) is 0 Å². The molecule has 0 aliphatic carbocycles. The van der Waals surface area contributed by atoms with E-state index < -0.39 is 0 Å². The van der Waals surface area contributed by atoms with Gasteiger partial charge in [-0.25, -0.2) is 0 Å². The standard InChI is InChI=1S/C6H15B.Li.H2.H/c1-4-7(5-2)6-3;;;/h4-6H2,1-3H3;;1H;/q;+1;;-1. The smallest absolute Gasteiger partial charge is 1.00 e. The molecule has 0 heterocycles. The zero-order valence-electron chi connectivity index (χ0n) is 7.70. The van der Waals surface area contributed by atoms with Crippen molar-refractivity contribution < 1.29 is 21.7 Å². The third-order valence-electron chi connectivity index (χ3n) is 1.73. The summed E-state index contributed by atoms with van der Waals surface area (Å²) in [5.74, 6) is 0. The Morgan fingerprint density at radius 3 is 1.38 bits per heavy atom. The topological polar surface area (TPSA) is 0 Å². The predicted molar refractivity (Wildman–Crippen MR) is 40.4 cm³/mol. The fraction of sp³-hybridized carbons (Fsp3) is 1.00. The van der Waals surface area contributed by atoms with E-state index in [-0.39, 0.29) is 21.7 Å². The third kappa shape index (κ3) is 4.81. The molecule has 0 amide bonds. The zero-order chi connectivity index (χ0) is 5.70. The molecule has 0 rings (SSSR count). The van der Waals surface area contributed by atoms with Crippen LogP contribution >= 0.6 is 0 Å². The average Bonchev–Trinajstić information content (AvgIpc) is 1.72. The fourth-order valence-corrected chi connectivity index (χ4v) is 0.866. The summed E-state index contributed by atoms with van der Waals surface area (Å²) >= 11 is 0. The first-order valence-electron chi connectivity index (χ1n) is 3.35. The van der Waals surface area contributed by atoms with E-state index in [9.17, 15) is 0 Å². The van der Waals surface area contributed by atoms with E-state index in [1.807, 2.05) is 0 Å². The normalized spacial score (nSPS) is 7.88. The minimum Gasteiger partial charge on any atom is -1.00 e. The van der Waals surface area contributed by atoms with Crippen molar-refractivity contribution in [1.82, 2.24) is 0 Å². The Morgan fingerprint density at radius 1 is 1.12 bits per heavy atom. The van der Waals surface area contributed by atoms with Gasteiger partial charge in [-0.2, -0.15) is 0 Å². The molecule has 0 fully saturated rings. The molecule has 0 atom stereocenters. The van der Waals surface area contributed by atoms with Crippen molar-refractivity contribution in [2.45, 2.75) is 39.7 Å². The van der Waals surface area contributed by atoms with E-state index in [0.717, 1.165) is 6.71 Å². The molecule has 0 aromatic heterocycles. The molecule has 0 spiro atoms. The van der Waals surface area contributed by atoms with Crippen molar-refractivity contribution >= 4 is 6.71 Å². The van der Waals surface area contributed by atoms with Crippen LogP contribution in [0.5, 0.6) is 0 Å². The maximum Gasteiger partial charge on any atom is 1.00 e. The van der Waals surface area contributed by atoms with Gasteiger partial charge in [-0.15, -0.1) is 0 Å². The van der Waals surface area contributed by atoms with E-state index in [2.05, 4.69) is 20.8 Å². The summed E-state index contributed by atoms with van der Waals surface area (Å²) in [6.45, 7) is 7.77. The molecule has 0 aromatic carbocycles. The van der Waals surface area contributed by atoms with Gasteiger partial charge in [0.15, 0.2) is 0 Å². The third-order valence-corrected chi connectivity index (χ3v) is 1.73.